The summed E-state index contributed by atoms with van der Waals surface area (Å²) in [5.41, 5.74) is 0.0579. The van der Waals surface area contributed by atoms with Gasteiger partial charge in [0.05, 0.1) is 29.7 Å². The van der Waals surface area contributed by atoms with Gasteiger partial charge in [0.2, 0.25) is 0 Å². The van der Waals surface area contributed by atoms with Crippen molar-refractivity contribution in [2.24, 2.45) is 0 Å². The van der Waals surface area contributed by atoms with E-state index in [1.807, 2.05) is 13.0 Å². The average molecular weight is 277 g/mol. The van der Waals surface area contributed by atoms with E-state index in [4.69, 9.17) is 10.00 Å². The van der Waals surface area contributed by atoms with Crippen LogP contribution < -0.4 is 4.74 Å². The number of hydrogen-bond acceptors (Lipinski definition) is 5. The quantitative estimate of drug-likeness (QED) is 0.450. The molecule has 1 rings (SSSR count). The molecule has 0 N–H and O–H groups in total. The van der Waals surface area contributed by atoms with Crippen LogP contribution in [0.4, 0.5) is 5.69 Å². The van der Waals surface area contributed by atoms with E-state index < -0.39 is 4.92 Å². The van der Waals surface area contributed by atoms with Crippen molar-refractivity contribution in [1.29, 1.82) is 5.26 Å². The van der Waals surface area contributed by atoms with Gasteiger partial charge in [-0.15, -0.1) is 0 Å². The topological polar surface area (TPSA) is 96.5 Å². The Balaban J connectivity index is 3.14. The molecule has 0 aliphatic heterocycles. The smallest absolute Gasteiger partial charge is 0.273 e. The molecule has 0 aliphatic carbocycles. The lowest BCUT2D eigenvalue weighted by Gasteiger charge is -2.19. The second-order valence-corrected chi connectivity index (χ2v) is 4.03. The predicted molar refractivity (Wildman–Crippen MR) is 71.5 cm³/mol. The number of methoxy groups -OCH3 is 1. The highest BCUT2D eigenvalue weighted by Crippen LogP contribution is 2.25. The summed E-state index contributed by atoms with van der Waals surface area (Å²) in [6.07, 6.45) is 0.711. The molecule has 0 bridgehead atoms. The van der Waals surface area contributed by atoms with Crippen molar-refractivity contribution in [2.75, 3.05) is 20.2 Å². The molecule has 0 saturated heterocycles. The summed E-state index contributed by atoms with van der Waals surface area (Å²) >= 11 is 0. The van der Waals surface area contributed by atoms with Crippen LogP contribution in [0.2, 0.25) is 0 Å². The molecule has 0 atom stereocenters. The number of nitrogens with zero attached hydrogens (tertiary/aromatic N) is 3. The molecule has 0 aliphatic rings. The molecule has 0 aromatic heterocycles. The third kappa shape index (κ3) is 3.45. The lowest BCUT2D eigenvalue weighted by molar-refractivity contribution is -0.384. The highest BCUT2D eigenvalue weighted by Gasteiger charge is 2.21. The number of rotatable bonds is 6. The van der Waals surface area contributed by atoms with Crippen LogP contribution in [0.15, 0.2) is 18.2 Å². The van der Waals surface area contributed by atoms with Crippen molar-refractivity contribution in [1.82, 2.24) is 4.90 Å². The molecule has 0 saturated carbocycles. The van der Waals surface area contributed by atoms with Crippen molar-refractivity contribution in [3.8, 4) is 11.8 Å². The molecule has 7 heteroatoms. The monoisotopic (exact) mass is 277 g/mol. The fourth-order valence-electron chi connectivity index (χ4n) is 1.75. The maximum Gasteiger partial charge on any atom is 0.273 e. The van der Waals surface area contributed by atoms with E-state index in [2.05, 4.69) is 0 Å². The third-order valence-electron chi connectivity index (χ3n) is 2.67. The Bertz CT molecular complexity index is 551. The second-order valence-electron chi connectivity index (χ2n) is 4.03. The molecule has 0 unspecified atom stereocenters. The molecule has 0 radical (unpaired) electrons. The number of nitro benzene ring substituents is 1. The molecule has 20 heavy (non-hydrogen) atoms. The van der Waals surface area contributed by atoms with Crippen molar-refractivity contribution >= 4 is 11.6 Å². The maximum atomic E-state index is 12.3. The Morgan fingerprint density at radius 3 is 2.75 bits per heavy atom. The number of hydrogen-bond donors (Lipinski definition) is 0. The second kappa shape index (κ2) is 7.09. The molecular weight excluding hydrogens is 262 g/mol. The highest BCUT2D eigenvalue weighted by molar-refractivity contribution is 5.97. The van der Waals surface area contributed by atoms with Crippen molar-refractivity contribution in [3.05, 3.63) is 33.9 Å². The number of carbonyl (C=O) groups is 1. The minimum absolute atomic E-state index is 0.0349. The fraction of sp³-hybridized carbons (Fsp3) is 0.385. The number of ether oxygens (including phenoxy) is 1. The van der Waals surface area contributed by atoms with Gasteiger partial charge in [-0.1, -0.05) is 6.92 Å². The van der Waals surface area contributed by atoms with Crippen LogP contribution in [-0.4, -0.2) is 35.9 Å². The molecule has 0 heterocycles. The molecule has 106 valence electrons. The van der Waals surface area contributed by atoms with Gasteiger partial charge in [0.1, 0.15) is 12.3 Å². The number of nitro groups is 1. The SMILES string of the molecule is CCCN(CC#N)C(=O)c1ccc([N+](=O)[O-])cc1OC. The standard InChI is InChI=1S/C13H15N3O4/c1-3-7-15(8-6-14)13(17)11-5-4-10(16(18)19)9-12(11)20-2/h4-5,9H,3,7-8H2,1-2H3. The van der Waals surface area contributed by atoms with Crippen molar-refractivity contribution in [3.63, 3.8) is 0 Å². The minimum atomic E-state index is -0.560. The maximum absolute atomic E-state index is 12.3. The summed E-state index contributed by atoms with van der Waals surface area (Å²) in [5.74, 6) is -0.247. The van der Waals surface area contributed by atoms with Crippen LogP contribution in [0, 0.1) is 21.4 Å². The first-order valence-corrected chi connectivity index (χ1v) is 6.03. The molecule has 1 aromatic rings. The van der Waals surface area contributed by atoms with Gasteiger partial charge in [-0.2, -0.15) is 5.26 Å². The van der Waals surface area contributed by atoms with E-state index >= 15 is 0 Å². The van der Waals surface area contributed by atoms with Gasteiger partial charge in [-0.3, -0.25) is 14.9 Å². The Morgan fingerprint density at radius 1 is 1.55 bits per heavy atom. The van der Waals surface area contributed by atoms with E-state index in [9.17, 15) is 14.9 Å². The summed E-state index contributed by atoms with van der Waals surface area (Å²) < 4.78 is 5.03. The van der Waals surface area contributed by atoms with Gasteiger partial charge in [0, 0.05) is 12.6 Å². The first-order valence-electron chi connectivity index (χ1n) is 6.03. The minimum Gasteiger partial charge on any atom is -0.496 e. The van der Waals surface area contributed by atoms with Gasteiger partial charge in [0.15, 0.2) is 0 Å². The first kappa shape index (κ1) is 15.4. The van der Waals surface area contributed by atoms with Crippen LogP contribution in [0.25, 0.3) is 0 Å². The van der Waals surface area contributed by atoms with Crippen LogP contribution >= 0.6 is 0 Å². The van der Waals surface area contributed by atoms with Crippen LogP contribution in [-0.2, 0) is 0 Å². The Morgan fingerprint density at radius 2 is 2.25 bits per heavy atom. The largest absolute Gasteiger partial charge is 0.496 e. The van der Waals surface area contributed by atoms with Crippen molar-refractivity contribution in [2.45, 2.75) is 13.3 Å². The zero-order chi connectivity index (χ0) is 15.1. The van der Waals surface area contributed by atoms with Gasteiger partial charge in [0.25, 0.3) is 11.6 Å². The lowest BCUT2D eigenvalue weighted by atomic mass is 10.1. The molecule has 1 aromatic carbocycles. The number of nitriles is 1. The zero-order valence-corrected chi connectivity index (χ0v) is 11.3. The van der Waals surface area contributed by atoms with Crippen LogP contribution in [0.1, 0.15) is 23.7 Å². The van der Waals surface area contributed by atoms with Gasteiger partial charge < -0.3 is 9.64 Å². The van der Waals surface area contributed by atoms with Gasteiger partial charge in [-0.25, -0.2) is 0 Å². The van der Waals surface area contributed by atoms with Gasteiger partial charge in [-0.05, 0) is 12.5 Å². The lowest BCUT2D eigenvalue weighted by Crippen LogP contribution is -2.32. The third-order valence-corrected chi connectivity index (χ3v) is 2.67. The summed E-state index contributed by atoms with van der Waals surface area (Å²) in [6.45, 7) is 2.30. The molecule has 7 nitrogen and oxygen atoms in total. The fourth-order valence-corrected chi connectivity index (χ4v) is 1.75. The van der Waals surface area contributed by atoms with Gasteiger partial charge >= 0.3 is 0 Å². The van der Waals surface area contributed by atoms with Crippen LogP contribution in [0.3, 0.4) is 0 Å². The van der Waals surface area contributed by atoms with E-state index in [0.717, 1.165) is 0 Å². The first-order chi connectivity index (χ1) is 9.54. The van der Waals surface area contributed by atoms with E-state index in [-0.39, 0.29) is 29.5 Å². The highest BCUT2D eigenvalue weighted by atomic mass is 16.6. The van der Waals surface area contributed by atoms with E-state index in [0.29, 0.717) is 13.0 Å². The zero-order valence-electron chi connectivity index (χ0n) is 11.3. The van der Waals surface area contributed by atoms with Crippen molar-refractivity contribution < 1.29 is 14.5 Å². The van der Waals surface area contributed by atoms with Crippen LogP contribution in [0.5, 0.6) is 5.75 Å². The summed E-state index contributed by atoms with van der Waals surface area (Å²) in [5, 5.41) is 19.4. The number of carbonyl (C=O) groups excluding carboxylic acids is 1. The summed E-state index contributed by atoms with van der Waals surface area (Å²) in [6, 6.07) is 5.71. The summed E-state index contributed by atoms with van der Waals surface area (Å²) in [7, 11) is 1.34. The summed E-state index contributed by atoms with van der Waals surface area (Å²) in [4.78, 5) is 23.8. The molecular formula is C13H15N3O4. The predicted octanol–water partition coefficient (Wildman–Crippen LogP) is 1.98. The molecule has 0 fully saturated rings. The normalized spacial score (nSPS) is 9.65. The Kier molecular flexibility index (Phi) is 5.47. The average Bonchev–Trinajstić information content (AvgIpc) is 2.45. The Hall–Kier alpha value is -2.62. The number of benzene rings is 1. The Labute approximate surface area is 116 Å². The van der Waals surface area contributed by atoms with E-state index in [1.165, 1.54) is 30.2 Å². The molecule has 1 amide bonds. The number of non-ortho nitro benzene ring substituents is 1. The number of amides is 1. The molecule has 0 spiro atoms. The van der Waals surface area contributed by atoms with E-state index in [1.54, 1.807) is 0 Å².